The standard InChI is InChI=1S/C25H25FN4O5/c1-15-10-16(4-5-17(15)25(31)30-6-3-7-33-14-30)20-12-23(35-29-20)24-18-11-19(26)22(34-9-8-32-2)13-21(18)27-28-24/h4-5,10-13H,3,6-9,14H2,1-2H3,(H,27,28). The van der Waals surface area contributed by atoms with E-state index in [0.717, 1.165) is 17.5 Å². The minimum absolute atomic E-state index is 0.0508. The first-order valence-corrected chi connectivity index (χ1v) is 11.3. The fourth-order valence-corrected chi connectivity index (χ4v) is 4.06. The number of nitrogens with one attached hydrogen (secondary N) is 1. The number of halogens is 1. The van der Waals surface area contributed by atoms with E-state index in [1.54, 1.807) is 30.2 Å². The number of hydrogen-bond donors (Lipinski definition) is 1. The van der Waals surface area contributed by atoms with Gasteiger partial charge in [0.1, 0.15) is 24.7 Å². The summed E-state index contributed by atoms with van der Waals surface area (Å²) in [7, 11) is 1.55. The molecule has 0 radical (unpaired) electrons. The molecule has 3 heterocycles. The predicted molar refractivity (Wildman–Crippen MR) is 126 cm³/mol. The normalized spacial score (nSPS) is 14.0. The number of hydrogen-bond acceptors (Lipinski definition) is 7. The molecule has 1 amide bonds. The van der Waals surface area contributed by atoms with Gasteiger partial charge >= 0.3 is 0 Å². The smallest absolute Gasteiger partial charge is 0.255 e. The maximum absolute atomic E-state index is 14.6. The molecule has 0 bridgehead atoms. The van der Waals surface area contributed by atoms with E-state index in [-0.39, 0.29) is 18.3 Å². The van der Waals surface area contributed by atoms with Crippen molar-refractivity contribution in [3.8, 4) is 28.5 Å². The number of carbonyl (C=O) groups is 1. The molecule has 5 rings (SSSR count). The zero-order chi connectivity index (χ0) is 24.4. The summed E-state index contributed by atoms with van der Waals surface area (Å²) in [5.74, 6) is -0.0534. The average Bonchev–Trinajstić information content (AvgIpc) is 3.51. The number of fused-ring (bicyclic) bond motifs is 1. The van der Waals surface area contributed by atoms with E-state index < -0.39 is 5.82 Å². The molecule has 4 aromatic rings. The highest BCUT2D eigenvalue weighted by Crippen LogP contribution is 2.33. The summed E-state index contributed by atoms with van der Waals surface area (Å²) in [5, 5.41) is 11.9. The third-order valence-electron chi connectivity index (χ3n) is 5.91. The third-order valence-corrected chi connectivity index (χ3v) is 5.91. The van der Waals surface area contributed by atoms with Gasteiger partial charge < -0.3 is 23.6 Å². The number of rotatable bonds is 7. The summed E-state index contributed by atoms with van der Waals surface area (Å²) < 4.78 is 35.9. The summed E-state index contributed by atoms with van der Waals surface area (Å²) in [6.07, 6.45) is 0.832. The lowest BCUT2D eigenvalue weighted by Crippen LogP contribution is -2.38. The summed E-state index contributed by atoms with van der Waals surface area (Å²) >= 11 is 0. The third kappa shape index (κ3) is 4.62. The Bertz CT molecular complexity index is 1360. The highest BCUT2D eigenvalue weighted by atomic mass is 19.1. The zero-order valence-electron chi connectivity index (χ0n) is 19.5. The second-order valence-corrected chi connectivity index (χ2v) is 8.31. The van der Waals surface area contributed by atoms with E-state index in [2.05, 4.69) is 15.4 Å². The number of benzene rings is 2. The van der Waals surface area contributed by atoms with Gasteiger partial charge in [0, 0.05) is 42.3 Å². The lowest BCUT2D eigenvalue weighted by atomic mass is 10.0. The number of aromatic amines is 1. The number of aryl methyl sites for hydroxylation is 1. The quantitative estimate of drug-likeness (QED) is 0.396. The molecule has 0 unspecified atom stereocenters. The van der Waals surface area contributed by atoms with Crippen molar-refractivity contribution in [2.75, 3.05) is 40.2 Å². The van der Waals surface area contributed by atoms with Crippen LogP contribution in [0.25, 0.3) is 33.6 Å². The second-order valence-electron chi connectivity index (χ2n) is 8.31. The number of aromatic nitrogens is 3. The molecule has 10 heteroatoms. The van der Waals surface area contributed by atoms with Gasteiger partial charge in [-0.25, -0.2) is 4.39 Å². The van der Waals surface area contributed by atoms with E-state index in [9.17, 15) is 9.18 Å². The maximum atomic E-state index is 14.6. The molecular formula is C25H25FN4O5. The first-order valence-electron chi connectivity index (χ1n) is 11.3. The highest BCUT2D eigenvalue weighted by Gasteiger charge is 2.21. The molecule has 0 saturated carbocycles. The first kappa shape index (κ1) is 23.0. The monoisotopic (exact) mass is 480 g/mol. The molecule has 0 spiro atoms. The number of amides is 1. The van der Waals surface area contributed by atoms with Gasteiger partial charge in [0.15, 0.2) is 17.3 Å². The Hall–Kier alpha value is -3.76. The molecule has 9 nitrogen and oxygen atoms in total. The van der Waals surface area contributed by atoms with Crippen molar-refractivity contribution >= 4 is 16.8 Å². The van der Waals surface area contributed by atoms with Crippen molar-refractivity contribution in [2.45, 2.75) is 13.3 Å². The molecule has 35 heavy (non-hydrogen) atoms. The van der Waals surface area contributed by atoms with Crippen molar-refractivity contribution in [2.24, 2.45) is 0 Å². The van der Waals surface area contributed by atoms with E-state index in [4.69, 9.17) is 18.7 Å². The number of H-pyrrole nitrogens is 1. The number of methoxy groups -OCH3 is 1. The number of ether oxygens (including phenoxy) is 3. The van der Waals surface area contributed by atoms with Crippen molar-refractivity contribution in [3.63, 3.8) is 0 Å². The zero-order valence-corrected chi connectivity index (χ0v) is 19.5. The van der Waals surface area contributed by atoms with E-state index >= 15 is 0 Å². The van der Waals surface area contributed by atoms with Crippen LogP contribution >= 0.6 is 0 Å². The molecule has 0 aliphatic carbocycles. The van der Waals surface area contributed by atoms with Crippen LogP contribution in [0.2, 0.25) is 0 Å². The van der Waals surface area contributed by atoms with Crippen LogP contribution in [-0.4, -0.2) is 66.4 Å². The molecule has 1 N–H and O–H groups in total. The molecule has 1 aliphatic rings. The fraction of sp³-hybridized carbons (Fsp3) is 0.320. The Morgan fingerprint density at radius 3 is 2.89 bits per heavy atom. The Labute approximate surface area is 200 Å². The molecule has 1 saturated heterocycles. The van der Waals surface area contributed by atoms with Crippen LogP contribution in [0.15, 0.2) is 40.9 Å². The topological polar surface area (TPSA) is 103 Å². The summed E-state index contributed by atoms with van der Waals surface area (Å²) in [6, 6.07) is 10.2. The average molecular weight is 480 g/mol. The van der Waals surface area contributed by atoms with Gasteiger partial charge in [0.25, 0.3) is 5.91 Å². The van der Waals surface area contributed by atoms with Gasteiger partial charge in [-0.15, -0.1) is 0 Å². The van der Waals surface area contributed by atoms with Crippen LogP contribution in [0.1, 0.15) is 22.3 Å². The highest BCUT2D eigenvalue weighted by molar-refractivity contribution is 5.96. The second kappa shape index (κ2) is 9.85. The largest absolute Gasteiger partial charge is 0.488 e. The van der Waals surface area contributed by atoms with Crippen molar-refractivity contribution in [1.29, 1.82) is 0 Å². The van der Waals surface area contributed by atoms with Gasteiger partial charge in [-0.05, 0) is 37.1 Å². The minimum atomic E-state index is -0.508. The van der Waals surface area contributed by atoms with Gasteiger partial charge in [0.05, 0.1) is 18.7 Å². The van der Waals surface area contributed by atoms with E-state index in [1.807, 2.05) is 19.1 Å². The van der Waals surface area contributed by atoms with Gasteiger partial charge in [-0.3, -0.25) is 9.89 Å². The summed E-state index contributed by atoms with van der Waals surface area (Å²) in [5.41, 5.74) is 3.88. The Kier molecular flexibility index (Phi) is 6.47. The molecule has 1 fully saturated rings. The van der Waals surface area contributed by atoms with Gasteiger partial charge in [-0.1, -0.05) is 11.2 Å². The van der Waals surface area contributed by atoms with Crippen LogP contribution in [0.3, 0.4) is 0 Å². The minimum Gasteiger partial charge on any atom is -0.488 e. The van der Waals surface area contributed by atoms with Gasteiger partial charge in [-0.2, -0.15) is 5.10 Å². The molecule has 1 aliphatic heterocycles. The Morgan fingerprint density at radius 2 is 2.11 bits per heavy atom. The first-order chi connectivity index (χ1) is 17.0. The molecular weight excluding hydrogens is 455 g/mol. The summed E-state index contributed by atoms with van der Waals surface area (Å²) in [6.45, 7) is 4.16. The maximum Gasteiger partial charge on any atom is 0.255 e. The van der Waals surface area contributed by atoms with Crippen LogP contribution in [0, 0.1) is 12.7 Å². The Balaban J connectivity index is 1.38. The lowest BCUT2D eigenvalue weighted by Gasteiger charge is -2.27. The number of nitrogens with zero attached hydrogens (tertiary/aromatic N) is 3. The SMILES string of the molecule is COCCOc1cc2[nH]nc(-c3cc(-c4ccc(C(=O)N5CCCOC5)c(C)c4)no3)c2cc1F. The van der Waals surface area contributed by atoms with Crippen LogP contribution in [-0.2, 0) is 9.47 Å². The fourth-order valence-electron chi connectivity index (χ4n) is 4.06. The molecule has 182 valence electrons. The van der Waals surface area contributed by atoms with E-state index in [1.165, 1.54) is 6.07 Å². The molecule has 2 aromatic heterocycles. The van der Waals surface area contributed by atoms with Crippen LogP contribution < -0.4 is 4.74 Å². The van der Waals surface area contributed by atoms with Crippen molar-refractivity contribution in [1.82, 2.24) is 20.3 Å². The Morgan fingerprint density at radius 1 is 1.23 bits per heavy atom. The predicted octanol–water partition coefficient (Wildman–Crippen LogP) is 4.18. The summed E-state index contributed by atoms with van der Waals surface area (Å²) in [4.78, 5) is 14.5. The van der Waals surface area contributed by atoms with E-state index in [0.29, 0.717) is 60.1 Å². The molecule has 0 atom stereocenters. The van der Waals surface area contributed by atoms with Crippen LogP contribution in [0.5, 0.6) is 5.75 Å². The lowest BCUT2D eigenvalue weighted by molar-refractivity contribution is -0.00575. The van der Waals surface area contributed by atoms with Gasteiger partial charge in [0.2, 0.25) is 0 Å². The molecule has 2 aromatic carbocycles. The number of carbonyl (C=O) groups excluding carboxylic acids is 1. The van der Waals surface area contributed by atoms with Crippen LogP contribution in [0.4, 0.5) is 4.39 Å². The van der Waals surface area contributed by atoms with Crippen molar-refractivity contribution < 1.29 is 27.9 Å². The van der Waals surface area contributed by atoms with Crippen molar-refractivity contribution in [3.05, 3.63) is 53.3 Å².